The molecule has 0 unspecified atom stereocenters. The second-order valence-corrected chi connectivity index (χ2v) is 4.58. The van der Waals surface area contributed by atoms with Crippen molar-refractivity contribution in [3.8, 4) is 28.9 Å². The highest BCUT2D eigenvalue weighted by Crippen LogP contribution is 2.30. The Labute approximate surface area is 127 Å². The summed E-state index contributed by atoms with van der Waals surface area (Å²) in [5, 5.41) is 13.4. The lowest BCUT2D eigenvalue weighted by Crippen LogP contribution is -2.04. The molecule has 2 N–H and O–H groups in total. The summed E-state index contributed by atoms with van der Waals surface area (Å²) < 4.78 is 6.84. The van der Waals surface area contributed by atoms with Crippen LogP contribution in [0.1, 0.15) is 5.56 Å². The molecule has 0 bridgehead atoms. The van der Waals surface area contributed by atoms with Crippen molar-refractivity contribution in [1.29, 1.82) is 5.26 Å². The maximum atomic E-state index is 8.97. The molecule has 22 heavy (non-hydrogen) atoms. The molecule has 0 aliphatic carbocycles. The van der Waals surface area contributed by atoms with E-state index in [0.717, 1.165) is 5.56 Å². The number of methoxy groups -OCH3 is 1. The number of para-hydroxylation sites is 1. The van der Waals surface area contributed by atoms with Gasteiger partial charge in [0.2, 0.25) is 0 Å². The zero-order valence-electron chi connectivity index (χ0n) is 11.9. The standard InChI is InChI=1S/C16H13N5O/c1-22-14-5-3-2-4-12(14)13-9-15(18)21(20-13)16-8-11(10-17)6-7-19-16/h2-9H,18H2,1H3. The van der Waals surface area contributed by atoms with E-state index in [1.807, 2.05) is 24.3 Å². The fraction of sp³-hybridized carbons (Fsp3) is 0.0625. The van der Waals surface area contributed by atoms with Crippen LogP contribution in [0.25, 0.3) is 17.1 Å². The van der Waals surface area contributed by atoms with Gasteiger partial charge in [-0.15, -0.1) is 0 Å². The lowest BCUT2D eigenvalue weighted by Gasteiger charge is -2.05. The molecule has 3 aromatic rings. The van der Waals surface area contributed by atoms with Crippen molar-refractivity contribution in [1.82, 2.24) is 14.8 Å². The minimum Gasteiger partial charge on any atom is -0.496 e. The lowest BCUT2D eigenvalue weighted by atomic mass is 10.1. The van der Waals surface area contributed by atoms with Gasteiger partial charge in [-0.3, -0.25) is 0 Å². The quantitative estimate of drug-likeness (QED) is 0.800. The molecular formula is C16H13N5O. The molecule has 0 aliphatic heterocycles. The van der Waals surface area contributed by atoms with E-state index in [9.17, 15) is 0 Å². The zero-order valence-corrected chi connectivity index (χ0v) is 11.9. The third-order valence-electron chi connectivity index (χ3n) is 3.21. The SMILES string of the molecule is COc1ccccc1-c1cc(N)n(-c2cc(C#N)ccn2)n1. The van der Waals surface area contributed by atoms with Crippen LogP contribution in [0.3, 0.4) is 0 Å². The highest BCUT2D eigenvalue weighted by atomic mass is 16.5. The van der Waals surface area contributed by atoms with Gasteiger partial charge in [-0.1, -0.05) is 12.1 Å². The molecule has 0 radical (unpaired) electrons. The summed E-state index contributed by atoms with van der Waals surface area (Å²) in [7, 11) is 1.61. The topological polar surface area (TPSA) is 89.8 Å². The van der Waals surface area contributed by atoms with Crippen molar-refractivity contribution in [2.75, 3.05) is 12.8 Å². The Balaban J connectivity index is 2.10. The number of nitrogen functional groups attached to an aromatic ring is 1. The van der Waals surface area contributed by atoms with Crippen LogP contribution in [0.2, 0.25) is 0 Å². The summed E-state index contributed by atoms with van der Waals surface area (Å²) in [5.41, 5.74) is 8.05. The van der Waals surface area contributed by atoms with E-state index in [-0.39, 0.29) is 0 Å². The van der Waals surface area contributed by atoms with Gasteiger partial charge in [0.15, 0.2) is 5.82 Å². The van der Waals surface area contributed by atoms with Gasteiger partial charge < -0.3 is 10.5 Å². The Morgan fingerprint density at radius 3 is 2.82 bits per heavy atom. The number of benzene rings is 1. The molecule has 0 atom stereocenters. The average Bonchev–Trinajstić information content (AvgIpc) is 2.96. The summed E-state index contributed by atoms with van der Waals surface area (Å²) in [6, 6.07) is 14.6. The molecule has 0 saturated heterocycles. The molecule has 3 rings (SSSR count). The minimum absolute atomic E-state index is 0.434. The minimum atomic E-state index is 0.434. The number of aromatic nitrogens is 3. The van der Waals surface area contributed by atoms with E-state index < -0.39 is 0 Å². The number of nitriles is 1. The second-order valence-electron chi connectivity index (χ2n) is 4.58. The van der Waals surface area contributed by atoms with E-state index in [1.165, 1.54) is 4.68 Å². The predicted molar refractivity (Wildman–Crippen MR) is 82.5 cm³/mol. The first-order valence-corrected chi connectivity index (χ1v) is 6.58. The largest absolute Gasteiger partial charge is 0.496 e. The Morgan fingerprint density at radius 1 is 1.23 bits per heavy atom. The summed E-state index contributed by atoms with van der Waals surface area (Å²) in [6.45, 7) is 0. The number of rotatable bonds is 3. The molecular weight excluding hydrogens is 278 g/mol. The summed E-state index contributed by atoms with van der Waals surface area (Å²) in [4.78, 5) is 4.21. The molecule has 6 heteroatoms. The van der Waals surface area contributed by atoms with Crippen molar-refractivity contribution < 1.29 is 4.74 Å². The fourth-order valence-electron chi connectivity index (χ4n) is 2.17. The first-order chi connectivity index (χ1) is 10.7. The van der Waals surface area contributed by atoms with Crippen LogP contribution in [0.4, 0.5) is 5.82 Å². The van der Waals surface area contributed by atoms with Crippen LogP contribution < -0.4 is 10.5 Å². The van der Waals surface area contributed by atoms with Gasteiger partial charge >= 0.3 is 0 Å². The van der Waals surface area contributed by atoms with E-state index in [2.05, 4.69) is 16.2 Å². The van der Waals surface area contributed by atoms with Gasteiger partial charge in [0.1, 0.15) is 11.6 Å². The predicted octanol–water partition coefficient (Wildman–Crippen LogP) is 2.40. The van der Waals surface area contributed by atoms with Crippen molar-refractivity contribution in [2.24, 2.45) is 0 Å². The molecule has 0 fully saturated rings. The lowest BCUT2D eigenvalue weighted by molar-refractivity contribution is 0.416. The van der Waals surface area contributed by atoms with E-state index in [0.29, 0.717) is 28.6 Å². The van der Waals surface area contributed by atoms with Crippen LogP contribution in [0.15, 0.2) is 48.7 Å². The normalized spacial score (nSPS) is 10.2. The van der Waals surface area contributed by atoms with Crippen molar-refractivity contribution in [3.05, 3.63) is 54.2 Å². The molecule has 2 aromatic heterocycles. The first kappa shape index (κ1) is 13.6. The van der Waals surface area contributed by atoms with Gasteiger partial charge in [-0.05, 0) is 18.2 Å². The molecule has 0 aliphatic rings. The molecule has 1 aromatic carbocycles. The van der Waals surface area contributed by atoms with Gasteiger partial charge in [-0.2, -0.15) is 15.0 Å². The van der Waals surface area contributed by atoms with Gasteiger partial charge in [0.25, 0.3) is 0 Å². The molecule has 2 heterocycles. The van der Waals surface area contributed by atoms with Crippen molar-refractivity contribution >= 4 is 5.82 Å². The number of anilines is 1. The fourth-order valence-corrected chi connectivity index (χ4v) is 2.17. The number of pyridine rings is 1. The third kappa shape index (κ3) is 2.36. The molecule has 0 spiro atoms. The summed E-state index contributed by atoms with van der Waals surface area (Å²) in [6.07, 6.45) is 1.55. The Morgan fingerprint density at radius 2 is 2.05 bits per heavy atom. The molecule has 108 valence electrons. The van der Waals surface area contributed by atoms with Crippen LogP contribution in [-0.2, 0) is 0 Å². The Hall–Kier alpha value is -3.33. The third-order valence-corrected chi connectivity index (χ3v) is 3.21. The average molecular weight is 291 g/mol. The summed E-state index contributed by atoms with van der Waals surface area (Å²) in [5.74, 6) is 1.65. The molecule has 0 amide bonds. The van der Waals surface area contributed by atoms with Crippen LogP contribution in [-0.4, -0.2) is 21.9 Å². The molecule has 0 saturated carbocycles. The maximum absolute atomic E-state index is 8.97. The van der Waals surface area contributed by atoms with Crippen LogP contribution >= 0.6 is 0 Å². The van der Waals surface area contributed by atoms with Crippen LogP contribution in [0.5, 0.6) is 5.75 Å². The smallest absolute Gasteiger partial charge is 0.156 e. The maximum Gasteiger partial charge on any atom is 0.156 e. The Kier molecular flexibility index (Phi) is 3.46. The first-order valence-electron chi connectivity index (χ1n) is 6.58. The molecule has 6 nitrogen and oxygen atoms in total. The monoisotopic (exact) mass is 291 g/mol. The van der Waals surface area contributed by atoms with E-state index >= 15 is 0 Å². The number of hydrogen-bond acceptors (Lipinski definition) is 5. The number of nitrogens with two attached hydrogens (primary N) is 1. The van der Waals surface area contributed by atoms with Gasteiger partial charge in [-0.25, -0.2) is 4.98 Å². The number of nitrogens with zero attached hydrogens (tertiary/aromatic N) is 4. The van der Waals surface area contributed by atoms with Gasteiger partial charge in [0, 0.05) is 23.9 Å². The zero-order chi connectivity index (χ0) is 15.5. The van der Waals surface area contributed by atoms with E-state index in [1.54, 1.807) is 31.5 Å². The highest BCUT2D eigenvalue weighted by Gasteiger charge is 2.13. The number of hydrogen-bond donors (Lipinski definition) is 1. The van der Waals surface area contributed by atoms with Crippen LogP contribution in [0, 0.1) is 11.3 Å². The second kappa shape index (κ2) is 5.58. The van der Waals surface area contributed by atoms with Gasteiger partial charge in [0.05, 0.1) is 24.4 Å². The highest BCUT2D eigenvalue weighted by molar-refractivity contribution is 5.69. The van der Waals surface area contributed by atoms with Crippen molar-refractivity contribution in [3.63, 3.8) is 0 Å². The number of ether oxygens (including phenoxy) is 1. The van der Waals surface area contributed by atoms with E-state index in [4.69, 9.17) is 15.7 Å². The Bertz CT molecular complexity index is 863. The summed E-state index contributed by atoms with van der Waals surface area (Å²) >= 11 is 0. The van der Waals surface area contributed by atoms with Crippen molar-refractivity contribution in [2.45, 2.75) is 0 Å².